The molecule has 0 fully saturated rings. The highest BCUT2D eigenvalue weighted by atomic mass is 19.4. The maximum Gasteiger partial charge on any atom is 0.416 e. The van der Waals surface area contributed by atoms with Gasteiger partial charge in [0.1, 0.15) is 0 Å². The van der Waals surface area contributed by atoms with Crippen LogP contribution in [0.3, 0.4) is 0 Å². The summed E-state index contributed by atoms with van der Waals surface area (Å²) in [6.45, 7) is 4.19. The predicted octanol–water partition coefficient (Wildman–Crippen LogP) is 6.45. The Morgan fingerprint density at radius 2 is 1.94 bits per heavy atom. The summed E-state index contributed by atoms with van der Waals surface area (Å²) < 4.78 is 40.2. The maximum absolute atomic E-state index is 13.4. The summed E-state index contributed by atoms with van der Waals surface area (Å²) in [4.78, 5) is 31.3. The number of carbonyl (C=O) groups is 2. The molecule has 3 aromatic rings. The first-order chi connectivity index (χ1) is 16.6. The lowest BCUT2D eigenvalue weighted by Crippen LogP contribution is -2.35. The van der Waals surface area contributed by atoms with E-state index in [1.807, 2.05) is 32.0 Å². The van der Waals surface area contributed by atoms with Gasteiger partial charge in [-0.1, -0.05) is 32.0 Å². The maximum atomic E-state index is 13.4. The van der Waals surface area contributed by atoms with Crippen LogP contribution in [-0.2, 0) is 15.8 Å². The van der Waals surface area contributed by atoms with Gasteiger partial charge in [-0.3, -0.25) is 14.6 Å². The number of benzene rings is 2. The molecule has 1 aliphatic heterocycles. The van der Waals surface area contributed by atoms with Gasteiger partial charge in [-0.25, -0.2) is 0 Å². The quantitative estimate of drug-likeness (QED) is 0.426. The van der Waals surface area contributed by atoms with Crippen LogP contribution in [0.5, 0.6) is 0 Å². The van der Waals surface area contributed by atoms with Crippen molar-refractivity contribution in [2.45, 2.75) is 39.3 Å². The molecule has 0 atom stereocenters. The largest absolute Gasteiger partial charge is 0.416 e. The number of rotatable bonds is 5. The first-order valence-electron chi connectivity index (χ1n) is 11.5. The minimum Gasteiger partial charge on any atom is -0.322 e. The SMILES string of the molecule is CC(C)CCC(=O)N1CCC(=CC(=O)Nc2ccc3cccnc3c2)c2ccc(C(F)(F)F)cc21. The second-order valence-corrected chi connectivity index (χ2v) is 9.03. The summed E-state index contributed by atoms with van der Waals surface area (Å²) in [6, 6.07) is 12.4. The molecule has 0 bridgehead atoms. The van der Waals surface area contributed by atoms with Crippen molar-refractivity contribution in [3.63, 3.8) is 0 Å². The molecule has 0 saturated heterocycles. The Balaban J connectivity index is 1.62. The van der Waals surface area contributed by atoms with Gasteiger partial charge in [-0.15, -0.1) is 0 Å². The molecule has 1 aliphatic rings. The van der Waals surface area contributed by atoms with Crippen LogP contribution in [0.15, 0.2) is 60.8 Å². The Labute approximate surface area is 201 Å². The summed E-state index contributed by atoms with van der Waals surface area (Å²) in [5.41, 5.74) is 1.69. The number of halogens is 3. The molecule has 0 unspecified atom stereocenters. The van der Waals surface area contributed by atoms with Gasteiger partial charge in [0.2, 0.25) is 11.8 Å². The molecule has 182 valence electrons. The van der Waals surface area contributed by atoms with Crippen LogP contribution in [0, 0.1) is 5.92 Å². The smallest absolute Gasteiger partial charge is 0.322 e. The lowest BCUT2D eigenvalue weighted by Gasteiger charge is -2.32. The number of alkyl halides is 3. The molecular formula is C27H26F3N3O2. The highest BCUT2D eigenvalue weighted by Gasteiger charge is 2.34. The lowest BCUT2D eigenvalue weighted by molar-refractivity contribution is -0.137. The predicted molar refractivity (Wildman–Crippen MR) is 131 cm³/mol. The van der Waals surface area contributed by atoms with Crippen LogP contribution in [0.2, 0.25) is 0 Å². The molecule has 1 aromatic heterocycles. The third-order valence-corrected chi connectivity index (χ3v) is 5.98. The van der Waals surface area contributed by atoms with Crippen molar-refractivity contribution in [2.75, 3.05) is 16.8 Å². The number of pyridine rings is 1. The first kappa shape index (κ1) is 24.4. The second-order valence-electron chi connectivity index (χ2n) is 9.03. The van der Waals surface area contributed by atoms with Crippen molar-refractivity contribution in [3.8, 4) is 0 Å². The average molecular weight is 482 g/mol. The summed E-state index contributed by atoms with van der Waals surface area (Å²) in [6.07, 6.45) is -0.218. The number of aromatic nitrogens is 1. The summed E-state index contributed by atoms with van der Waals surface area (Å²) >= 11 is 0. The van der Waals surface area contributed by atoms with Crippen molar-refractivity contribution in [3.05, 3.63) is 71.9 Å². The van der Waals surface area contributed by atoms with Gasteiger partial charge in [-0.2, -0.15) is 13.2 Å². The number of anilines is 2. The first-order valence-corrected chi connectivity index (χ1v) is 11.5. The Morgan fingerprint density at radius 3 is 2.69 bits per heavy atom. The van der Waals surface area contributed by atoms with E-state index in [4.69, 9.17) is 0 Å². The molecular weight excluding hydrogens is 455 g/mol. The third kappa shape index (κ3) is 5.70. The molecule has 8 heteroatoms. The van der Waals surface area contributed by atoms with Gasteiger partial charge in [-0.05, 0) is 54.7 Å². The number of nitrogens with zero attached hydrogens (tertiary/aromatic N) is 2. The van der Waals surface area contributed by atoms with Crippen LogP contribution < -0.4 is 10.2 Å². The molecule has 0 saturated carbocycles. The summed E-state index contributed by atoms with van der Waals surface area (Å²) in [5.74, 6) is -0.318. The summed E-state index contributed by atoms with van der Waals surface area (Å²) in [7, 11) is 0. The van der Waals surface area contributed by atoms with Crippen molar-refractivity contribution >= 4 is 39.7 Å². The van der Waals surface area contributed by atoms with E-state index in [-0.39, 0.29) is 24.6 Å². The van der Waals surface area contributed by atoms with Gasteiger partial charge in [0, 0.05) is 41.9 Å². The van der Waals surface area contributed by atoms with Gasteiger partial charge < -0.3 is 10.2 Å². The number of hydrogen-bond donors (Lipinski definition) is 1. The Morgan fingerprint density at radius 1 is 1.14 bits per heavy atom. The molecule has 2 amide bonds. The zero-order valence-electron chi connectivity index (χ0n) is 19.5. The van der Waals surface area contributed by atoms with Crippen molar-refractivity contribution < 1.29 is 22.8 Å². The van der Waals surface area contributed by atoms with E-state index < -0.39 is 17.6 Å². The molecule has 0 aliphatic carbocycles. The fourth-order valence-corrected chi connectivity index (χ4v) is 4.13. The third-order valence-electron chi connectivity index (χ3n) is 5.98. The van der Waals surface area contributed by atoms with Crippen molar-refractivity contribution in [1.29, 1.82) is 0 Å². The van der Waals surface area contributed by atoms with Crippen LogP contribution in [0.25, 0.3) is 16.5 Å². The standard InChI is InChI=1S/C27H26F3N3O2/c1-17(2)5-10-26(35)33-13-11-19(22-9-7-20(15-24(22)33)27(28,29)30)14-25(34)32-21-8-6-18-4-3-12-31-23(18)16-21/h3-4,6-9,12,14-17H,5,10-11,13H2,1-2H3,(H,32,34). The minimum absolute atomic E-state index is 0.189. The molecule has 2 aromatic carbocycles. The monoisotopic (exact) mass is 481 g/mol. The van der Waals surface area contributed by atoms with Gasteiger partial charge in [0.15, 0.2) is 0 Å². The topological polar surface area (TPSA) is 62.3 Å². The van der Waals surface area contributed by atoms with E-state index in [0.29, 0.717) is 35.6 Å². The lowest BCUT2D eigenvalue weighted by atomic mass is 9.93. The van der Waals surface area contributed by atoms with Crippen LogP contribution in [0.4, 0.5) is 24.5 Å². The number of fused-ring (bicyclic) bond motifs is 2. The summed E-state index contributed by atoms with van der Waals surface area (Å²) in [5, 5.41) is 3.74. The van der Waals surface area contributed by atoms with Crippen LogP contribution >= 0.6 is 0 Å². The number of amides is 2. The van der Waals surface area contributed by atoms with Crippen LogP contribution in [0.1, 0.15) is 44.2 Å². The van der Waals surface area contributed by atoms with Crippen molar-refractivity contribution in [1.82, 2.24) is 4.98 Å². The van der Waals surface area contributed by atoms with E-state index in [0.717, 1.165) is 23.0 Å². The molecule has 2 heterocycles. The molecule has 4 rings (SSSR count). The molecule has 5 nitrogen and oxygen atoms in total. The second kappa shape index (κ2) is 9.90. The van der Waals surface area contributed by atoms with Gasteiger partial charge in [0.05, 0.1) is 16.8 Å². The zero-order chi connectivity index (χ0) is 25.2. The Hall–Kier alpha value is -3.68. The van der Waals surface area contributed by atoms with Crippen molar-refractivity contribution in [2.24, 2.45) is 5.92 Å². The van der Waals surface area contributed by atoms with E-state index >= 15 is 0 Å². The van der Waals surface area contributed by atoms with E-state index in [2.05, 4.69) is 10.3 Å². The Bertz CT molecular complexity index is 1300. The highest BCUT2D eigenvalue weighted by Crippen LogP contribution is 2.40. The van der Waals surface area contributed by atoms with Gasteiger partial charge >= 0.3 is 6.18 Å². The van der Waals surface area contributed by atoms with E-state index in [9.17, 15) is 22.8 Å². The fraction of sp³-hybridized carbons (Fsp3) is 0.296. The zero-order valence-corrected chi connectivity index (χ0v) is 19.5. The molecule has 35 heavy (non-hydrogen) atoms. The molecule has 0 spiro atoms. The minimum atomic E-state index is -4.54. The molecule has 1 N–H and O–H groups in total. The Kier molecular flexibility index (Phi) is 6.91. The fourth-order valence-electron chi connectivity index (χ4n) is 4.13. The molecule has 0 radical (unpaired) electrons. The highest BCUT2D eigenvalue weighted by molar-refractivity contribution is 6.07. The number of carbonyl (C=O) groups excluding carboxylic acids is 2. The number of nitrogens with one attached hydrogen (secondary N) is 1. The van der Waals surface area contributed by atoms with Crippen LogP contribution in [-0.4, -0.2) is 23.3 Å². The van der Waals surface area contributed by atoms with E-state index in [1.54, 1.807) is 18.3 Å². The van der Waals surface area contributed by atoms with E-state index in [1.165, 1.54) is 17.0 Å². The average Bonchev–Trinajstić information content (AvgIpc) is 2.81. The van der Waals surface area contributed by atoms with Gasteiger partial charge in [0.25, 0.3) is 0 Å². The normalized spacial score (nSPS) is 14.9. The number of hydrogen-bond acceptors (Lipinski definition) is 3.